The lowest BCUT2D eigenvalue weighted by atomic mass is 10.3. The largest absolute Gasteiger partial charge is 0.456 e. The Hall–Kier alpha value is -0.900. The second kappa shape index (κ2) is 5.17. The van der Waals surface area contributed by atoms with Crippen molar-refractivity contribution in [1.82, 2.24) is 0 Å². The van der Waals surface area contributed by atoms with Gasteiger partial charge >= 0.3 is 0 Å². The maximum atomic E-state index is 6.04. The average molecular weight is 333 g/mol. The lowest BCUT2D eigenvalue weighted by Crippen LogP contribution is -1.88. The predicted molar refractivity (Wildman–Crippen MR) is 75.1 cm³/mol. The van der Waals surface area contributed by atoms with Crippen molar-refractivity contribution in [2.45, 2.75) is 0 Å². The minimum atomic E-state index is 0.484. The van der Waals surface area contributed by atoms with Gasteiger partial charge in [0.1, 0.15) is 11.5 Å². The van der Waals surface area contributed by atoms with Gasteiger partial charge in [-0.05, 0) is 46.3 Å². The molecule has 88 valence electrons. The third kappa shape index (κ3) is 3.06. The minimum absolute atomic E-state index is 0.484. The molecule has 0 aliphatic rings. The van der Waals surface area contributed by atoms with Gasteiger partial charge in [0.05, 0.1) is 10.0 Å². The van der Waals surface area contributed by atoms with Crippen molar-refractivity contribution >= 4 is 44.8 Å². The molecular weight excluding hydrogens is 325 g/mol. The Morgan fingerprint density at radius 2 is 1.65 bits per heavy atom. The Labute approximate surface area is 117 Å². The molecule has 0 aliphatic heterocycles. The van der Waals surface area contributed by atoms with E-state index in [4.69, 9.17) is 33.7 Å². The maximum Gasteiger partial charge on any atom is 0.147 e. The van der Waals surface area contributed by atoms with Crippen molar-refractivity contribution < 1.29 is 4.74 Å². The SMILES string of the molecule is Nc1ccc(Oc2cc(Cl)c(Br)cc2Cl)cc1. The van der Waals surface area contributed by atoms with Crippen molar-refractivity contribution in [1.29, 1.82) is 0 Å². The molecule has 0 bridgehead atoms. The molecule has 0 amide bonds. The van der Waals surface area contributed by atoms with Crippen LogP contribution in [-0.2, 0) is 0 Å². The van der Waals surface area contributed by atoms with Crippen LogP contribution >= 0.6 is 39.1 Å². The average Bonchev–Trinajstić information content (AvgIpc) is 2.29. The second-order valence-corrected chi connectivity index (χ2v) is 5.04. The van der Waals surface area contributed by atoms with Crippen LogP contribution in [0.15, 0.2) is 40.9 Å². The summed E-state index contributed by atoms with van der Waals surface area (Å²) in [7, 11) is 0. The highest BCUT2D eigenvalue weighted by Crippen LogP contribution is 2.36. The summed E-state index contributed by atoms with van der Waals surface area (Å²) in [6.07, 6.45) is 0. The van der Waals surface area contributed by atoms with Gasteiger partial charge in [-0.3, -0.25) is 0 Å². The summed E-state index contributed by atoms with van der Waals surface area (Å²) in [6, 6.07) is 10.4. The number of benzene rings is 2. The summed E-state index contributed by atoms with van der Waals surface area (Å²) in [5.41, 5.74) is 6.26. The van der Waals surface area contributed by atoms with Crippen LogP contribution in [-0.4, -0.2) is 0 Å². The molecule has 2 rings (SSSR count). The van der Waals surface area contributed by atoms with E-state index >= 15 is 0 Å². The Kier molecular flexibility index (Phi) is 3.82. The number of hydrogen-bond acceptors (Lipinski definition) is 2. The van der Waals surface area contributed by atoms with E-state index in [-0.39, 0.29) is 0 Å². The van der Waals surface area contributed by atoms with Gasteiger partial charge in [-0.2, -0.15) is 0 Å². The van der Waals surface area contributed by atoms with Crippen LogP contribution in [0.4, 0.5) is 5.69 Å². The molecule has 0 saturated carbocycles. The van der Waals surface area contributed by atoms with Crippen LogP contribution in [0.1, 0.15) is 0 Å². The topological polar surface area (TPSA) is 35.2 Å². The quantitative estimate of drug-likeness (QED) is 0.611. The molecule has 2 aromatic carbocycles. The zero-order valence-electron chi connectivity index (χ0n) is 8.58. The monoisotopic (exact) mass is 331 g/mol. The molecule has 17 heavy (non-hydrogen) atoms. The number of nitrogens with two attached hydrogens (primary N) is 1. The van der Waals surface area contributed by atoms with Crippen LogP contribution in [0.5, 0.6) is 11.5 Å². The van der Waals surface area contributed by atoms with Crippen LogP contribution in [0.25, 0.3) is 0 Å². The fraction of sp³-hybridized carbons (Fsp3) is 0. The molecule has 0 unspecified atom stereocenters. The van der Waals surface area contributed by atoms with E-state index in [1.807, 2.05) is 0 Å². The smallest absolute Gasteiger partial charge is 0.147 e. The van der Waals surface area contributed by atoms with Crippen molar-refractivity contribution in [2.24, 2.45) is 0 Å². The fourth-order valence-corrected chi connectivity index (χ4v) is 2.08. The van der Waals surface area contributed by atoms with E-state index in [1.165, 1.54) is 0 Å². The molecular formula is C12H8BrCl2NO. The first-order valence-corrected chi connectivity index (χ1v) is 6.29. The number of nitrogen functional groups attached to an aromatic ring is 1. The van der Waals surface area contributed by atoms with Gasteiger partial charge < -0.3 is 10.5 Å². The molecule has 2 aromatic rings. The fourth-order valence-electron chi connectivity index (χ4n) is 1.25. The van der Waals surface area contributed by atoms with Gasteiger partial charge in [0.25, 0.3) is 0 Å². The first-order valence-electron chi connectivity index (χ1n) is 4.74. The predicted octanol–water partition coefficient (Wildman–Crippen LogP) is 5.13. The summed E-state index contributed by atoms with van der Waals surface area (Å²) >= 11 is 15.3. The molecule has 2 nitrogen and oxygen atoms in total. The van der Waals surface area contributed by atoms with Crippen LogP contribution in [0.2, 0.25) is 10.0 Å². The highest BCUT2D eigenvalue weighted by atomic mass is 79.9. The summed E-state index contributed by atoms with van der Waals surface area (Å²) in [4.78, 5) is 0. The summed E-state index contributed by atoms with van der Waals surface area (Å²) in [5.74, 6) is 1.16. The number of halogens is 3. The van der Waals surface area contributed by atoms with Crippen LogP contribution < -0.4 is 10.5 Å². The molecule has 0 spiro atoms. The van der Waals surface area contributed by atoms with Gasteiger partial charge in [0.15, 0.2) is 0 Å². The highest BCUT2D eigenvalue weighted by Gasteiger charge is 2.07. The Morgan fingerprint density at radius 1 is 1.00 bits per heavy atom. The van der Waals surface area contributed by atoms with Gasteiger partial charge in [-0.25, -0.2) is 0 Å². The van der Waals surface area contributed by atoms with Gasteiger partial charge in [-0.1, -0.05) is 23.2 Å². The van der Waals surface area contributed by atoms with Gasteiger partial charge in [0.2, 0.25) is 0 Å². The zero-order chi connectivity index (χ0) is 12.4. The Morgan fingerprint density at radius 3 is 2.29 bits per heavy atom. The number of hydrogen-bond donors (Lipinski definition) is 1. The molecule has 0 atom stereocenters. The van der Waals surface area contributed by atoms with Crippen molar-refractivity contribution in [2.75, 3.05) is 5.73 Å². The third-order valence-corrected chi connectivity index (χ3v) is 3.58. The number of ether oxygens (including phenoxy) is 1. The first-order chi connectivity index (χ1) is 8.06. The highest BCUT2D eigenvalue weighted by molar-refractivity contribution is 9.10. The standard InChI is InChI=1S/C12H8BrCl2NO/c13-9-5-11(15)12(6-10(9)14)17-8-3-1-7(16)2-4-8/h1-6H,16H2. The number of anilines is 1. The lowest BCUT2D eigenvalue weighted by molar-refractivity contribution is 0.483. The molecule has 0 radical (unpaired) electrons. The van der Waals surface area contributed by atoms with E-state index in [0.717, 1.165) is 4.47 Å². The summed E-state index contributed by atoms with van der Waals surface area (Å²) in [6.45, 7) is 0. The minimum Gasteiger partial charge on any atom is -0.456 e. The molecule has 0 aromatic heterocycles. The van der Waals surface area contributed by atoms with Crippen molar-refractivity contribution in [3.63, 3.8) is 0 Å². The van der Waals surface area contributed by atoms with Gasteiger partial charge in [-0.15, -0.1) is 0 Å². The number of rotatable bonds is 2. The molecule has 0 heterocycles. The third-order valence-electron chi connectivity index (χ3n) is 2.08. The van der Waals surface area contributed by atoms with Crippen LogP contribution in [0, 0.1) is 0 Å². The molecule has 5 heteroatoms. The van der Waals surface area contributed by atoms with E-state index in [0.29, 0.717) is 27.2 Å². The van der Waals surface area contributed by atoms with E-state index < -0.39 is 0 Å². The van der Waals surface area contributed by atoms with Crippen molar-refractivity contribution in [3.05, 3.63) is 50.9 Å². The molecule has 0 fully saturated rings. The normalized spacial score (nSPS) is 10.3. The van der Waals surface area contributed by atoms with E-state index in [1.54, 1.807) is 36.4 Å². The van der Waals surface area contributed by atoms with Crippen LogP contribution in [0.3, 0.4) is 0 Å². The Bertz CT molecular complexity index is 543. The summed E-state index contributed by atoms with van der Waals surface area (Å²) in [5, 5.41) is 1.03. The Balaban J connectivity index is 2.30. The molecule has 0 saturated heterocycles. The molecule has 2 N–H and O–H groups in total. The van der Waals surface area contributed by atoms with E-state index in [9.17, 15) is 0 Å². The van der Waals surface area contributed by atoms with Gasteiger partial charge in [0, 0.05) is 16.2 Å². The first kappa shape index (κ1) is 12.6. The second-order valence-electron chi connectivity index (χ2n) is 3.37. The zero-order valence-corrected chi connectivity index (χ0v) is 11.7. The lowest BCUT2D eigenvalue weighted by Gasteiger charge is -2.09. The van der Waals surface area contributed by atoms with Crippen molar-refractivity contribution in [3.8, 4) is 11.5 Å². The maximum absolute atomic E-state index is 6.04. The summed E-state index contributed by atoms with van der Waals surface area (Å²) < 4.78 is 6.34. The van der Waals surface area contributed by atoms with E-state index in [2.05, 4.69) is 15.9 Å². The molecule has 0 aliphatic carbocycles.